The Kier molecular flexibility index (Phi) is 5.67. The molecule has 1 amide bonds. The molecule has 0 aromatic heterocycles. The van der Waals surface area contributed by atoms with E-state index in [9.17, 15) is 4.79 Å². The molecule has 0 atom stereocenters. The molecule has 0 aliphatic heterocycles. The van der Waals surface area contributed by atoms with Gasteiger partial charge >= 0.3 is 0 Å². The molecule has 4 heteroatoms. The van der Waals surface area contributed by atoms with E-state index in [1.807, 2.05) is 6.26 Å². The van der Waals surface area contributed by atoms with E-state index < -0.39 is 0 Å². The zero-order valence-electron chi connectivity index (χ0n) is 10.7. The average molecular weight is 232 g/mol. The highest BCUT2D eigenvalue weighted by Crippen LogP contribution is 2.16. The van der Waals surface area contributed by atoms with Crippen LogP contribution in [0.4, 0.5) is 0 Å². The Balaban J connectivity index is 3.77. The summed E-state index contributed by atoms with van der Waals surface area (Å²) in [5.74, 6) is 0.0621. The summed E-state index contributed by atoms with van der Waals surface area (Å²) in [7, 11) is 0. The highest BCUT2D eigenvalue weighted by atomic mass is 32.2. The normalized spacial score (nSPS) is 12.7. The summed E-state index contributed by atoms with van der Waals surface area (Å²) < 4.78 is 0. The molecular formula is C11H24N2OS. The van der Waals surface area contributed by atoms with E-state index in [1.165, 1.54) is 0 Å². The predicted octanol–water partition coefficient (Wildman–Crippen LogP) is 1.84. The molecule has 3 nitrogen and oxygen atoms in total. The van der Waals surface area contributed by atoms with Crippen molar-refractivity contribution in [3.05, 3.63) is 0 Å². The van der Waals surface area contributed by atoms with Crippen LogP contribution in [0.5, 0.6) is 0 Å². The molecule has 0 spiro atoms. The van der Waals surface area contributed by atoms with Gasteiger partial charge in [-0.1, -0.05) is 20.8 Å². The molecule has 0 aromatic carbocycles. The summed E-state index contributed by atoms with van der Waals surface area (Å²) in [6.45, 7) is 11.5. The van der Waals surface area contributed by atoms with Crippen LogP contribution in [0.15, 0.2) is 0 Å². The predicted molar refractivity (Wildman–Crippen MR) is 68.1 cm³/mol. The van der Waals surface area contributed by atoms with Crippen molar-refractivity contribution in [3.8, 4) is 0 Å². The third kappa shape index (κ3) is 8.75. The summed E-state index contributed by atoms with van der Waals surface area (Å²) in [5.41, 5.74) is 0.144. The number of amides is 1. The molecule has 2 N–H and O–H groups in total. The number of nitrogens with one attached hydrogen (secondary N) is 2. The molecule has 0 heterocycles. The zero-order valence-corrected chi connectivity index (χ0v) is 11.5. The molecule has 0 rings (SSSR count). The number of carbonyl (C=O) groups is 1. The minimum Gasteiger partial charge on any atom is -0.354 e. The van der Waals surface area contributed by atoms with Crippen molar-refractivity contribution in [3.63, 3.8) is 0 Å². The van der Waals surface area contributed by atoms with E-state index in [2.05, 4.69) is 45.3 Å². The molecule has 15 heavy (non-hydrogen) atoms. The van der Waals surface area contributed by atoms with Crippen molar-refractivity contribution in [2.24, 2.45) is 5.41 Å². The third-order valence-corrected chi connectivity index (χ3v) is 3.17. The van der Waals surface area contributed by atoms with Crippen LogP contribution in [-0.2, 0) is 4.79 Å². The quantitative estimate of drug-likeness (QED) is 0.711. The lowest BCUT2D eigenvalue weighted by molar-refractivity contribution is -0.120. The van der Waals surface area contributed by atoms with E-state index in [4.69, 9.17) is 0 Å². The van der Waals surface area contributed by atoms with Gasteiger partial charge in [0.05, 0.1) is 11.4 Å². The van der Waals surface area contributed by atoms with Crippen LogP contribution in [0.25, 0.3) is 0 Å². The number of hydrogen-bond acceptors (Lipinski definition) is 3. The summed E-state index contributed by atoms with van der Waals surface area (Å²) in [6.07, 6.45) is 2.03. The first-order valence-electron chi connectivity index (χ1n) is 5.23. The summed E-state index contributed by atoms with van der Waals surface area (Å²) in [6, 6.07) is 0. The smallest absolute Gasteiger partial charge is 0.234 e. The van der Waals surface area contributed by atoms with Crippen molar-refractivity contribution < 1.29 is 4.79 Å². The molecule has 0 bridgehead atoms. The Labute approximate surface area is 97.8 Å². The number of thioether (sulfide) groups is 1. The van der Waals surface area contributed by atoms with Gasteiger partial charge in [0.25, 0.3) is 0 Å². The lowest BCUT2D eigenvalue weighted by Crippen LogP contribution is -2.44. The summed E-state index contributed by atoms with van der Waals surface area (Å²) in [4.78, 5) is 11.4. The van der Waals surface area contributed by atoms with Crippen LogP contribution in [-0.4, -0.2) is 30.1 Å². The van der Waals surface area contributed by atoms with Crippen molar-refractivity contribution in [1.29, 1.82) is 0 Å². The van der Waals surface area contributed by atoms with Gasteiger partial charge < -0.3 is 5.32 Å². The molecule has 90 valence electrons. The van der Waals surface area contributed by atoms with Gasteiger partial charge in [0.2, 0.25) is 5.91 Å². The Morgan fingerprint density at radius 2 is 1.73 bits per heavy atom. The maximum Gasteiger partial charge on any atom is 0.234 e. The molecular weight excluding hydrogens is 208 g/mol. The van der Waals surface area contributed by atoms with E-state index in [1.54, 1.807) is 11.8 Å². The van der Waals surface area contributed by atoms with Crippen LogP contribution in [0.1, 0.15) is 34.6 Å². The first-order chi connectivity index (χ1) is 6.66. The van der Waals surface area contributed by atoms with E-state index >= 15 is 0 Å². The van der Waals surface area contributed by atoms with Gasteiger partial charge in [0.15, 0.2) is 0 Å². The van der Waals surface area contributed by atoms with Crippen LogP contribution in [0.3, 0.4) is 0 Å². The Morgan fingerprint density at radius 3 is 2.13 bits per heavy atom. The van der Waals surface area contributed by atoms with E-state index in [0.717, 1.165) is 0 Å². The first kappa shape index (κ1) is 14.8. The van der Waals surface area contributed by atoms with E-state index in [0.29, 0.717) is 13.1 Å². The largest absolute Gasteiger partial charge is 0.354 e. The van der Waals surface area contributed by atoms with Crippen LogP contribution < -0.4 is 10.6 Å². The Morgan fingerprint density at radius 1 is 1.20 bits per heavy atom. The fraction of sp³-hybridized carbons (Fsp3) is 0.909. The zero-order chi connectivity index (χ0) is 12.1. The topological polar surface area (TPSA) is 41.1 Å². The van der Waals surface area contributed by atoms with Gasteiger partial charge in [-0.05, 0) is 25.5 Å². The molecule has 0 unspecified atom stereocenters. The standard InChI is InChI=1S/C11H24N2OS/c1-10(2,3)8-12-9(14)7-13-11(4,5)15-6/h13H,7-8H2,1-6H3,(H,12,14). The van der Waals surface area contributed by atoms with Crippen molar-refractivity contribution in [1.82, 2.24) is 10.6 Å². The summed E-state index contributed by atoms with van der Waals surface area (Å²) in [5, 5.41) is 6.10. The van der Waals surface area contributed by atoms with Crippen LogP contribution in [0.2, 0.25) is 0 Å². The van der Waals surface area contributed by atoms with Crippen molar-refractivity contribution in [2.75, 3.05) is 19.3 Å². The highest BCUT2D eigenvalue weighted by molar-refractivity contribution is 7.99. The third-order valence-electron chi connectivity index (χ3n) is 2.00. The fourth-order valence-electron chi connectivity index (χ4n) is 0.792. The van der Waals surface area contributed by atoms with Gasteiger partial charge in [-0.3, -0.25) is 10.1 Å². The van der Waals surface area contributed by atoms with Crippen molar-refractivity contribution in [2.45, 2.75) is 39.5 Å². The average Bonchev–Trinajstić information content (AvgIpc) is 2.10. The van der Waals surface area contributed by atoms with Gasteiger partial charge in [-0.25, -0.2) is 0 Å². The second-order valence-electron chi connectivity index (χ2n) is 5.41. The maximum atomic E-state index is 11.5. The number of hydrogen-bond donors (Lipinski definition) is 2. The summed E-state index contributed by atoms with van der Waals surface area (Å²) >= 11 is 1.70. The second kappa shape index (κ2) is 5.75. The van der Waals surface area contributed by atoms with Crippen LogP contribution in [0, 0.1) is 5.41 Å². The molecule has 0 radical (unpaired) electrons. The Hall–Kier alpha value is -0.220. The minimum atomic E-state index is -0.0426. The molecule has 0 saturated heterocycles. The van der Waals surface area contributed by atoms with Crippen LogP contribution >= 0.6 is 11.8 Å². The molecule has 0 aliphatic carbocycles. The van der Waals surface area contributed by atoms with Crippen molar-refractivity contribution >= 4 is 17.7 Å². The van der Waals surface area contributed by atoms with Gasteiger partial charge in [-0.15, -0.1) is 11.8 Å². The van der Waals surface area contributed by atoms with Gasteiger partial charge in [0, 0.05) is 6.54 Å². The fourth-order valence-corrected chi connectivity index (χ4v) is 1.01. The number of carbonyl (C=O) groups excluding carboxylic acids is 1. The maximum absolute atomic E-state index is 11.5. The Bertz CT molecular complexity index is 209. The second-order valence-corrected chi connectivity index (χ2v) is 6.83. The number of rotatable bonds is 5. The molecule has 0 fully saturated rings. The minimum absolute atomic E-state index is 0.0426. The van der Waals surface area contributed by atoms with Gasteiger partial charge in [-0.2, -0.15) is 0 Å². The molecule has 0 aliphatic rings. The lowest BCUT2D eigenvalue weighted by atomic mass is 9.97. The SMILES string of the molecule is CSC(C)(C)NCC(=O)NCC(C)(C)C. The molecule has 0 saturated carbocycles. The lowest BCUT2D eigenvalue weighted by Gasteiger charge is -2.24. The highest BCUT2D eigenvalue weighted by Gasteiger charge is 2.17. The van der Waals surface area contributed by atoms with Gasteiger partial charge in [0.1, 0.15) is 0 Å². The first-order valence-corrected chi connectivity index (χ1v) is 6.46. The monoisotopic (exact) mass is 232 g/mol. The molecule has 0 aromatic rings. The van der Waals surface area contributed by atoms with E-state index in [-0.39, 0.29) is 16.2 Å².